The van der Waals surface area contributed by atoms with Crippen molar-refractivity contribution < 1.29 is 23.8 Å². The van der Waals surface area contributed by atoms with Gasteiger partial charge in [0.05, 0.1) is 34.4 Å². The van der Waals surface area contributed by atoms with E-state index in [0.717, 1.165) is 16.7 Å². The van der Waals surface area contributed by atoms with Gasteiger partial charge in [-0.2, -0.15) is 0 Å². The number of rotatable bonds is 6. The number of aryl methyl sites for hydroxylation is 1. The van der Waals surface area contributed by atoms with Crippen LogP contribution in [0.3, 0.4) is 0 Å². The molecule has 0 spiro atoms. The molecule has 0 N–H and O–H groups in total. The maximum Gasteiger partial charge on any atom is 0.338 e. The fraction of sp³-hybridized carbons (Fsp3) is 0.172. The van der Waals surface area contributed by atoms with Crippen LogP contribution in [0.2, 0.25) is 0 Å². The van der Waals surface area contributed by atoms with Crippen LogP contribution in [0.1, 0.15) is 47.1 Å². The lowest BCUT2D eigenvalue weighted by molar-refractivity contribution is -0.255. The molecule has 38 heavy (non-hydrogen) atoms. The van der Waals surface area contributed by atoms with Crippen LogP contribution in [0, 0.1) is 6.92 Å². The van der Waals surface area contributed by atoms with Crippen molar-refractivity contribution in [3.63, 3.8) is 0 Å². The van der Waals surface area contributed by atoms with E-state index >= 15 is 0 Å². The summed E-state index contributed by atoms with van der Waals surface area (Å²) in [6.45, 7) is 5.47. The van der Waals surface area contributed by atoms with Gasteiger partial charge in [-0.05, 0) is 55.7 Å². The fourth-order valence-corrected chi connectivity index (χ4v) is 5.54. The van der Waals surface area contributed by atoms with Gasteiger partial charge in [0.25, 0.3) is 5.56 Å². The zero-order valence-electron chi connectivity index (χ0n) is 20.9. The Morgan fingerprint density at radius 3 is 2.58 bits per heavy atom. The highest BCUT2D eigenvalue weighted by atomic mass is 32.1. The molecular weight excluding hydrogens is 504 g/mol. The topological polar surface area (TPSA) is 114 Å². The average Bonchev–Trinajstić information content (AvgIpc) is 3.48. The minimum absolute atomic E-state index is 0.0876. The van der Waals surface area contributed by atoms with E-state index in [1.807, 2.05) is 30.3 Å². The van der Waals surface area contributed by atoms with Gasteiger partial charge in [0.1, 0.15) is 11.5 Å². The van der Waals surface area contributed by atoms with Gasteiger partial charge in [-0.25, -0.2) is 9.79 Å². The normalized spacial score (nSPS) is 15.2. The lowest BCUT2D eigenvalue weighted by atomic mass is 9.96. The van der Waals surface area contributed by atoms with Crippen LogP contribution in [0.25, 0.3) is 17.4 Å². The molecule has 4 aromatic rings. The molecule has 0 fully saturated rings. The first-order valence-corrected chi connectivity index (χ1v) is 12.8. The summed E-state index contributed by atoms with van der Waals surface area (Å²) in [5.41, 5.74) is 2.84. The number of fused-ring (bicyclic) bond motifs is 1. The zero-order valence-corrected chi connectivity index (χ0v) is 21.7. The van der Waals surface area contributed by atoms with Gasteiger partial charge < -0.3 is 19.1 Å². The fourth-order valence-electron chi connectivity index (χ4n) is 4.51. The van der Waals surface area contributed by atoms with E-state index in [9.17, 15) is 19.5 Å². The number of ether oxygens (including phenoxy) is 1. The molecule has 0 unspecified atom stereocenters. The zero-order chi connectivity index (χ0) is 27.0. The number of carbonyl (C=O) groups is 2. The molecule has 0 amide bonds. The van der Waals surface area contributed by atoms with E-state index in [1.54, 1.807) is 45.0 Å². The first-order valence-electron chi connectivity index (χ1n) is 11.9. The number of allylic oxidation sites excluding steroid dienone is 1. The Bertz CT molecular complexity index is 1780. The van der Waals surface area contributed by atoms with Crippen molar-refractivity contribution in [3.8, 4) is 11.3 Å². The van der Waals surface area contributed by atoms with Gasteiger partial charge in [0.2, 0.25) is 0 Å². The average molecular weight is 528 g/mol. The molecule has 192 valence electrons. The molecule has 1 aliphatic rings. The molecule has 2 aromatic heterocycles. The highest BCUT2D eigenvalue weighted by molar-refractivity contribution is 7.07. The van der Waals surface area contributed by atoms with E-state index in [-0.39, 0.29) is 17.7 Å². The van der Waals surface area contributed by atoms with Crippen LogP contribution in [-0.4, -0.2) is 23.1 Å². The molecular formula is C29H23N2O6S-. The smallest absolute Gasteiger partial charge is 0.338 e. The molecule has 0 saturated heterocycles. The number of nitrogens with zero attached hydrogens (tertiary/aromatic N) is 2. The van der Waals surface area contributed by atoms with Crippen molar-refractivity contribution in [2.75, 3.05) is 6.61 Å². The molecule has 1 atom stereocenters. The van der Waals surface area contributed by atoms with Crippen molar-refractivity contribution in [2.45, 2.75) is 26.8 Å². The molecule has 5 rings (SSSR count). The second-order valence-corrected chi connectivity index (χ2v) is 9.74. The van der Waals surface area contributed by atoms with Crippen molar-refractivity contribution in [2.24, 2.45) is 4.99 Å². The van der Waals surface area contributed by atoms with Crippen LogP contribution >= 0.6 is 11.3 Å². The number of carboxylic acids is 1. The molecule has 2 aromatic carbocycles. The summed E-state index contributed by atoms with van der Waals surface area (Å²) in [6.07, 6.45) is 1.64. The third-order valence-electron chi connectivity index (χ3n) is 6.26. The minimum atomic E-state index is -1.25. The number of carboxylic acid groups (broad SMARTS) is 1. The summed E-state index contributed by atoms with van der Waals surface area (Å²) in [4.78, 5) is 42.8. The third-order valence-corrected chi connectivity index (χ3v) is 7.24. The summed E-state index contributed by atoms with van der Waals surface area (Å²) < 4.78 is 13.2. The Balaban J connectivity index is 1.60. The molecule has 0 bridgehead atoms. The maximum atomic E-state index is 13.7. The van der Waals surface area contributed by atoms with Crippen molar-refractivity contribution >= 4 is 29.4 Å². The van der Waals surface area contributed by atoms with E-state index in [4.69, 9.17) is 9.15 Å². The Morgan fingerprint density at radius 2 is 1.89 bits per heavy atom. The first-order chi connectivity index (χ1) is 18.3. The second kappa shape index (κ2) is 10.1. The minimum Gasteiger partial charge on any atom is -0.545 e. The lowest BCUT2D eigenvalue weighted by Gasteiger charge is -2.24. The number of aromatic nitrogens is 1. The summed E-state index contributed by atoms with van der Waals surface area (Å²) in [5, 5.41) is 11.1. The lowest BCUT2D eigenvalue weighted by Crippen LogP contribution is -2.39. The molecule has 0 saturated carbocycles. The number of esters is 1. The van der Waals surface area contributed by atoms with Gasteiger partial charge in [0, 0.05) is 11.6 Å². The second-order valence-electron chi connectivity index (χ2n) is 8.73. The Morgan fingerprint density at radius 1 is 1.13 bits per heavy atom. The molecule has 1 aliphatic heterocycles. The van der Waals surface area contributed by atoms with Crippen LogP contribution in [-0.2, 0) is 9.53 Å². The summed E-state index contributed by atoms with van der Waals surface area (Å²) in [7, 11) is 0. The molecule has 3 heterocycles. The SMILES string of the molecule is CCOC(=O)C1=C(C)N=c2s/c(=C\c3ccc(-c4ccc(C(=O)[O-])cc4C)o3)c(=O)n2[C@H]1c1ccccc1. The van der Waals surface area contributed by atoms with Gasteiger partial charge >= 0.3 is 5.97 Å². The summed E-state index contributed by atoms with van der Waals surface area (Å²) in [5.74, 6) is -0.766. The quantitative estimate of drug-likeness (QED) is 0.356. The largest absolute Gasteiger partial charge is 0.545 e. The Labute approximate surface area is 221 Å². The van der Waals surface area contributed by atoms with E-state index in [2.05, 4.69) is 4.99 Å². The number of hydrogen-bond acceptors (Lipinski definition) is 8. The van der Waals surface area contributed by atoms with Crippen molar-refractivity contribution in [1.82, 2.24) is 4.57 Å². The van der Waals surface area contributed by atoms with Gasteiger partial charge in [-0.15, -0.1) is 0 Å². The maximum absolute atomic E-state index is 13.7. The third kappa shape index (κ3) is 4.52. The Kier molecular flexibility index (Phi) is 6.69. The molecule has 0 aliphatic carbocycles. The van der Waals surface area contributed by atoms with Crippen LogP contribution < -0.4 is 20.0 Å². The van der Waals surface area contributed by atoms with Gasteiger partial charge in [0.15, 0.2) is 4.80 Å². The number of hydrogen-bond donors (Lipinski definition) is 0. The van der Waals surface area contributed by atoms with E-state index in [1.165, 1.54) is 28.0 Å². The van der Waals surface area contributed by atoms with E-state index in [0.29, 0.717) is 32.1 Å². The monoisotopic (exact) mass is 527 g/mol. The molecule has 9 heteroatoms. The number of carbonyl (C=O) groups excluding carboxylic acids is 2. The predicted molar refractivity (Wildman–Crippen MR) is 140 cm³/mol. The molecule has 0 radical (unpaired) electrons. The van der Waals surface area contributed by atoms with Gasteiger partial charge in [-0.3, -0.25) is 9.36 Å². The van der Waals surface area contributed by atoms with Gasteiger partial charge in [-0.1, -0.05) is 53.8 Å². The molecule has 8 nitrogen and oxygen atoms in total. The number of thiazole rings is 1. The highest BCUT2D eigenvalue weighted by Gasteiger charge is 2.33. The van der Waals surface area contributed by atoms with Crippen LogP contribution in [0.5, 0.6) is 0 Å². The van der Waals surface area contributed by atoms with Crippen molar-refractivity contribution in [3.05, 3.63) is 114 Å². The summed E-state index contributed by atoms with van der Waals surface area (Å²) >= 11 is 1.21. The summed E-state index contributed by atoms with van der Waals surface area (Å²) in [6, 6.07) is 16.8. The number of aromatic carboxylic acids is 1. The first kappa shape index (κ1) is 25.2. The number of furan rings is 1. The number of benzene rings is 2. The predicted octanol–water partition coefficient (Wildman–Crippen LogP) is 2.73. The standard InChI is InChI=1S/C29H24N2O6S/c1-4-36-28(35)24-17(3)30-29-31(25(24)18-8-6-5-7-9-18)26(32)23(38-29)15-20-11-13-22(37-20)21-12-10-19(27(33)34)14-16(21)2/h5-15,25H,4H2,1-3H3,(H,33,34)/p-1/b23-15-/t25-/m0/s1. The van der Waals surface area contributed by atoms with E-state index < -0.39 is 18.0 Å². The Hall–Kier alpha value is -4.50. The van der Waals surface area contributed by atoms with Crippen molar-refractivity contribution in [1.29, 1.82) is 0 Å². The highest BCUT2D eigenvalue weighted by Crippen LogP contribution is 2.31. The van der Waals surface area contributed by atoms with Crippen LogP contribution in [0.4, 0.5) is 0 Å². The van der Waals surface area contributed by atoms with Crippen LogP contribution in [0.15, 0.2) is 86.1 Å².